The standard InChI is InChI=1S/C29H28Cl2N4O5S/c1-39-26-13-20(9-12-25(26)40-17-18-5-3-2-4-6-18)24(16-34-22-10-7-19(8-11-22)29(32)33)35-41(37,38)27-15-21(30)14-23(31)28(27)36/h2-15,24,34-36H,16-17H2,1H3,(H3,32,33). The van der Waals surface area contributed by atoms with E-state index in [1.807, 2.05) is 30.3 Å². The molecule has 0 radical (unpaired) electrons. The second-order valence-corrected chi connectivity index (χ2v) is 11.5. The van der Waals surface area contributed by atoms with E-state index in [9.17, 15) is 13.5 Å². The van der Waals surface area contributed by atoms with Gasteiger partial charge in [0.1, 0.15) is 17.3 Å². The summed E-state index contributed by atoms with van der Waals surface area (Å²) in [7, 11) is -2.81. The zero-order chi connectivity index (χ0) is 29.6. The topological polar surface area (TPSA) is 147 Å². The zero-order valence-corrected chi connectivity index (χ0v) is 24.2. The highest BCUT2D eigenvalue weighted by molar-refractivity contribution is 7.89. The number of phenolic OH excluding ortho intramolecular Hbond substituents is 1. The molecule has 0 aliphatic heterocycles. The Balaban J connectivity index is 1.64. The van der Waals surface area contributed by atoms with Crippen molar-refractivity contribution in [2.45, 2.75) is 17.5 Å². The van der Waals surface area contributed by atoms with E-state index in [2.05, 4.69) is 10.0 Å². The molecule has 1 unspecified atom stereocenters. The van der Waals surface area contributed by atoms with Gasteiger partial charge in [0, 0.05) is 22.8 Å². The summed E-state index contributed by atoms with van der Waals surface area (Å²) in [6, 6.07) is 23.1. The number of nitrogens with one attached hydrogen (secondary N) is 3. The van der Waals surface area contributed by atoms with Crippen LogP contribution in [0, 0.1) is 5.41 Å². The molecule has 214 valence electrons. The van der Waals surface area contributed by atoms with Gasteiger partial charge in [-0.25, -0.2) is 13.1 Å². The molecular weight excluding hydrogens is 587 g/mol. The lowest BCUT2D eigenvalue weighted by atomic mass is 10.1. The van der Waals surface area contributed by atoms with Crippen LogP contribution in [0.2, 0.25) is 10.0 Å². The Labute approximate surface area is 248 Å². The van der Waals surface area contributed by atoms with E-state index in [0.29, 0.717) is 34.9 Å². The summed E-state index contributed by atoms with van der Waals surface area (Å²) in [6.07, 6.45) is 0. The molecule has 4 aromatic rings. The van der Waals surface area contributed by atoms with Crippen molar-refractivity contribution >= 4 is 44.7 Å². The minimum absolute atomic E-state index is 0.0509. The van der Waals surface area contributed by atoms with Crippen LogP contribution in [0.4, 0.5) is 5.69 Å². The normalized spacial score (nSPS) is 12.0. The van der Waals surface area contributed by atoms with Crippen molar-refractivity contribution in [3.05, 3.63) is 112 Å². The van der Waals surface area contributed by atoms with Crippen molar-refractivity contribution in [3.63, 3.8) is 0 Å². The number of hydrogen-bond acceptors (Lipinski definition) is 7. The minimum atomic E-state index is -4.31. The smallest absolute Gasteiger partial charge is 0.244 e. The van der Waals surface area contributed by atoms with E-state index in [0.717, 1.165) is 11.6 Å². The summed E-state index contributed by atoms with van der Waals surface area (Å²) < 4.78 is 41.0. The predicted octanol–water partition coefficient (Wildman–Crippen LogP) is 5.70. The second kappa shape index (κ2) is 13.1. The van der Waals surface area contributed by atoms with Crippen LogP contribution < -0.4 is 25.2 Å². The first-order valence-corrected chi connectivity index (χ1v) is 14.5. The van der Waals surface area contributed by atoms with E-state index < -0.39 is 26.7 Å². The third-order valence-electron chi connectivity index (χ3n) is 6.11. The van der Waals surface area contributed by atoms with Gasteiger partial charge in [0.2, 0.25) is 10.0 Å². The van der Waals surface area contributed by atoms with Gasteiger partial charge in [-0.3, -0.25) is 5.41 Å². The first kappa shape index (κ1) is 30.0. The number of amidine groups is 1. The van der Waals surface area contributed by atoms with Crippen molar-refractivity contribution < 1.29 is 23.0 Å². The Morgan fingerprint density at radius 2 is 1.71 bits per heavy atom. The molecule has 0 aromatic heterocycles. The molecule has 6 N–H and O–H groups in total. The van der Waals surface area contributed by atoms with Crippen molar-refractivity contribution in [1.29, 1.82) is 5.41 Å². The van der Waals surface area contributed by atoms with E-state index in [4.69, 9.17) is 43.8 Å². The third kappa shape index (κ3) is 7.62. The highest BCUT2D eigenvalue weighted by atomic mass is 35.5. The van der Waals surface area contributed by atoms with Gasteiger partial charge in [0.05, 0.1) is 18.2 Å². The van der Waals surface area contributed by atoms with Crippen LogP contribution in [0.25, 0.3) is 0 Å². The number of halogens is 2. The fraction of sp³-hybridized carbons (Fsp3) is 0.138. The maximum atomic E-state index is 13.4. The number of ether oxygens (including phenoxy) is 2. The average molecular weight is 616 g/mol. The minimum Gasteiger partial charge on any atom is -0.505 e. The van der Waals surface area contributed by atoms with Gasteiger partial charge in [-0.2, -0.15) is 0 Å². The van der Waals surface area contributed by atoms with Gasteiger partial charge in [-0.05, 0) is 59.7 Å². The highest BCUT2D eigenvalue weighted by Crippen LogP contribution is 2.36. The molecule has 0 aliphatic carbocycles. The lowest BCUT2D eigenvalue weighted by Crippen LogP contribution is -2.33. The first-order valence-electron chi connectivity index (χ1n) is 12.3. The van der Waals surface area contributed by atoms with Gasteiger partial charge in [0.15, 0.2) is 17.2 Å². The van der Waals surface area contributed by atoms with Crippen LogP contribution in [0.15, 0.2) is 89.8 Å². The first-order chi connectivity index (χ1) is 19.6. The molecule has 0 saturated carbocycles. The summed E-state index contributed by atoms with van der Waals surface area (Å²) in [6.45, 7) is 0.417. The number of methoxy groups -OCH3 is 1. The highest BCUT2D eigenvalue weighted by Gasteiger charge is 2.27. The van der Waals surface area contributed by atoms with Crippen LogP contribution in [0.3, 0.4) is 0 Å². The molecule has 0 spiro atoms. The second-order valence-electron chi connectivity index (χ2n) is 8.96. The summed E-state index contributed by atoms with van der Waals surface area (Å²) in [5.41, 5.74) is 8.29. The van der Waals surface area contributed by atoms with Gasteiger partial charge >= 0.3 is 0 Å². The molecule has 0 heterocycles. The van der Waals surface area contributed by atoms with E-state index in [-0.39, 0.29) is 22.4 Å². The SMILES string of the molecule is COc1cc(C(CNc2ccc(C(=N)N)cc2)NS(=O)(=O)c2cc(Cl)cc(Cl)c2O)ccc1OCc1ccccc1. The Morgan fingerprint density at radius 3 is 2.37 bits per heavy atom. The van der Waals surface area contributed by atoms with E-state index >= 15 is 0 Å². The molecule has 0 bridgehead atoms. The molecule has 0 fully saturated rings. The number of aromatic hydroxyl groups is 1. The van der Waals surface area contributed by atoms with Gasteiger partial charge in [-0.1, -0.05) is 59.6 Å². The molecule has 4 aromatic carbocycles. The van der Waals surface area contributed by atoms with E-state index in [1.165, 1.54) is 13.2 Å². The predicted molar refractivity (Wildman–Crippen MR) is 161 cm³/mol. The number of phenols is 1. The summed E-state index contributed by atoms with van der Waals surface area (Å²) in [5.74, 6) is 0.206. The number of rotatable bonds is 12. The van der Waals surface area contributed by atoms with Crippen molar-refractivity contribution in [2.75, 3.05) is 19.0 Å². The van der Waals surface area contributed by atoms with E-state index in [1.54, 1.807) is 42.5 Å². The van der Waals surface area contributed by atoms with Crippen molar-refractivity contribution in [2.24, 2.45) is 5.73 Å². The fourth-order valence-electron chi connectivity index (χ4n) is 3.97. The number of nitrogen functional groups attached to an aromatic ring is 1. The number of benzene rings is 4. The molecule has 9 nitrogen and oxygen atoms in total. The molecule has 0 amide bonds. The Kier molecular flexibility index (Phi) is 9.61. The Morgan fingerprint density at radius 1 is 1.00 bits per heavy atom. The van der Waals surface area contributed by atoms with Gasteiger partial charge in [-0.15, -0.1) is 0 Å². The lowest BCUT2D eigenvalue weighted by molar-refractivity contribution is 0.284. The lowest BCUT2D eigenvalue weighted by Gasteiger charge is -2.22. The third-order valence-corrected chi connectivity index (χ3v) is 8.10. The maximum Gasteiger partial charge on any atom is 0.244 e. The van der Waals surface area contributed by atoms with Crippen LogP contribution in [0.5, 0.6) is 17.2 Å². The van der Waals surface area contributed by atoms with Crippen LogP contribution in [-0.2, 0) is 16.6 Å². The summed E-state index contributed by atoms with van der Waals surface area (Å²) in [4.78, 5) is -0.458. The Bertz CT molecular complexity index is 1640. The van der Waals surface area contributed by atoms with Crippen LogP contribution >= 0.6 is 23.2 Å². The molecular formula is C29H28Cl2N4O5S. The largest absolute Gasteiger partial charge is 0.505 e. The summed E-state index contributed by atoms with van der Waals surface area (Å²) in [5, 5.41) is 21.0. The Hall–Kier alpha value is -3.96. The summed E-state index contributed by atoms with van der Waals surface area (Å²) >= 11 is 12.0. The van der Waals surface area contributed by atoms with Gasteiger partial charge < -0.3 is 25.6 Å². The quantitative estimate of drug-likeness (QED) is 0.101. The van der Waals surface area contributed by atoms with Gasteiger partial charge in [0.25, 0.3) is 0 Å². The number of anilines is 1. The fourth-order valence-corrected chi connectivity index (χ4v) is 5.95. The monoisotopic (exact) mass is 614 g/mol. The number of hydrogen-bond donors (Lipinski definition) is 5. The molecule has 4 rings (SSSR count). The number of nitrogens with two attached hydrogens (primary N) is 1. The molecule has 1 atom stereocenters. The molecule has 12 heteroatoms. The van der Waals surface area contributed by atoms with Crippen LogP contribution in [0.1, 0.15) is 22.7 Å². The molecule has 0 saturated heterocycles. The van der Waals surface area contributed by atoms with Crippen molar-refractivity contribution in [3.8, 4) is 17.2 Å². The van der Waals surface area contributed by atoms with Crippen LogP contribution in [-0.4, -0.2) is 33.0 Å². The van der Waals surface area contributed by atoms with Crippen molar-refractivity contribution in [1.82, 2.24) is 4.72 Å². The maximum absolute atomic E-state index is 13.4. The molecule has 0 aliphatic rings. The molecule has 41 heavy (non-hydrogen) atoms. The average Bonchev–Trinajstić information content (AvgIpc) is 2.96. The number of sulfonamides is 1. The zero-order valence-electron chi connectivity index (χ0n) is 21.9.